The second kappa shape index (κ2) is 14.5. The Morgan fingerprint density at radius 2 is 1.45 bits per heavy atom. The summed E-state index contributed by atoms with van der Waals surface area (Å²) in [6.45, 7) is 2.02. The van der Waals surface area contributed by atoms with E-state index in [0.29, 0.717) is 23.0 Å². The lowest BCUT2D eigenvalue weighted by atomic mass is 9.96. The molecule has 0 bridgehead atoms. The first-order valence-corrected chi connectivity index (χ1v) is 12.5. The van der Waals surface area contributed by atoms with E-state index >= 15 is 0 Å². The summed E-state index contributed by atoms with van der Waals surface area (Å²) < 4.78 is 21.9. The fraction of sp³-hybridized carbons (Fsp3) is 0.290. The largest absolute Gasteiger partial charge is 0.497 e. The van der Waals surface area contributed by atoms with Crippen molar-refractivity contribution in [3.63, 3.8) is 0 Å². The average molecular weight is 517 g/mol. The average Bonchev–Trinajstić information content (AvgIpc) is 2.95. The van der Waals surface area contributed by atoms with Crippen molar-refractivity contribution in [2.24, 2.45) is 0 Å². The summed E-state index contributed by atoms with van der Waals surface area (Å²) >= 11 is 0. The number of rotatable bonds is 13. The van der Waals surface area contributed by atoms with Gasteiger partial charge in [-0.15, -0.1) is 0 Å². The molecule has 0 fully saturated rings. The summed E-state index contributed by atoms with van der Waals surface area (Å²) in [6, 6.07) is 15.3. The van der Waals surface area contributed by atoms with Gasteiger partial charge in [0.1, 0.15) is 23.0 Å². The van der Waals surface area contributed by atoms with Crippen LogP contribution < -0.4 is 24.3 Å². The van der Waals surface area contributed by atoms with Crippen LogP contribution in [0.15, 0.2) is 79.2 Å². The number of carbonyl (C=O) groups excluding carboxylic acids is 1. The number of nitrogens with one attached hydrogen (secondary N) is 1. The fourth-order valence-corrected chi connectivity index (χ4v) is 4.04. The van der Waals surface area contributed by atoms with Gasteiger partial charge in [0.25, 0.3) is 0 Å². The van der Waals surface area contributed by atoms with Gasteiger partial charge in [-0.25, -0.2) is 0 Å². The zero-order valence-corrected chi connectivity index (χ0v) is 22.7. The lowest BCUT2D eigenvalue weighted by molar-refractivity contribution is -0.117. The van der Waals surface area contributed by atoms with Crippen molar-refractivity contribution in [2.45, 2.75) is 32.2 Å². The van der Waals surface area contributed by atoms with Crippen LogP contribution in [0.25, 0.3) is 5.57 Å². The Morgan fingerprint density at radius 1 is 0.895 bits per heavy atom. The Balaban J connectivity index is 1.80. The third-order valence-corrected chi connectivity index (χ3v) is 6.05. The van der Waals surface area contributed by atoms with Crippen LogP contribution in [0.1, 0.15) is 36.5 Å². The molecule has 1 unspecified atom stereocenters. The van der Waals surface area contributed by atoms with Gasteiger partial charge in [-0.2, -0.15) is 0 Å². The molecule has 3 rings (SSSR count). The summed E-state index contributed by atoms with van der Waals surface area (Å²) in [5, 5.41) is 3.04. The molecular formula is C31H36N2O5. The molecule has 0 spiro atoms. The first kappa shape index (κ1) is 28.3. The molecule has 0 aliphatic heterocycles. The van der Waals surface area contributed by atoms with Crippen molar-refractivity contribution in [2.75, 3.05) is 28.4 Å². The van der Waals surface area contributed by atoms with E-state index in [2.05, 4.69) is 16.4 Å². The number of aryl methyl sites for hydroxylation is 1. The number of methoxy groups -OCH3 is 4. The topological polar surface area (TPSA) is 78.9 Å². The van der Waals surface area contributed by atoms with E-state index < -0.39 is 0 Å². The molecule has 1 heterocycles. The van der Waals surface area contributed by atoms with Crippen LogP contribution in [0, 0.1) is 0 Å². The van der Waals surface area contributed by atoms with Gasteiger partial charge in [-0.3, -0.25) is 9.78 Å². The van der Waals surface area contributed by atoms with Crippen LogP contribution in [-0.2, 0) is 11.2 Å². The molecular weight excluding hydrogens is 480 g/mol. The molecule has 0 saturated carbocycles. The third kappa shape index (κ3) is 8.40. The molecule has 7 heteroatoms. The number of amides is 1. The molecule has 7 nitrogen and oxygen atoms in total. The number of carbonyl (C=O) groups is 1. The maximum atomic E-state index is 12.6. The number of pyridine rings is 1. The molecule has 2 aromatic carbocycles. The van der Waals surface area contributed by atoms with Crippen molar-refractivity contribution in [3.8, 4) is 23.0 Å². The van der Waals surface area contributed by atoms with Crippen molar-refractivity contribution in [1.29, 1.82) is 0 Å². The number of aromatic nitrogens is 1. The minimum atomic E-state index is -0.152. The number of nitrogens with zero attached hydrogens (tertiary/aromatic N) is 1. The Labute approximate surface area is 225 Å². The fourth-order valence-electron chi connectivity index (χ4n) is 4.04. The predicted octanol–water partition coefficient (Wildman–Crippen LogP) is 5.63. The van der Waals surface area contributed by atoms with E-state index in [1.807, 2.05) is 61.7 Å². The van der Waals surface area contributed by atoms with Gasteiger partial charge >= 0.3 is 0 Å². The molecule has 1 aromatic heterocycles. The number of benzene rings is 2. The van der Waals surface area contributed by atoms with Crippen LogP contribution >= 0.6 is 0 Å². The molecule has 38 heavy (non-hydrogen) atoms. The standard InChI is InChI=1S/C31H36N2O5/c1-22(9-6-10-23-11-8-14-32-21-23)33-31(34)13-7-12-30(24-15-26(35-2)19-27(16-24)36-3)25-17-28(37-4)20-29(18-25)38-5/h7-8,11-22H,6,9-10H2,1-5H3,(H,33,34)/b13-7+. The van der Waals surface area contributed by atoms with Gasteiger partial charge < -0.3 is 24.3 Å². The monoisotopic (exact) mass is 516 g/mol. The Bertz CT molecular complexity index is 1150. The van der Waals surface area contributed by atoms with Crippen molar-refractivity contribution in [3.05, 3.63) is 95.8 Å². The molecule has 0 aliphatic carbocycles. The van der Waals surface area contributed by atoms with Gasteiger partial charge in [0.15, 0.2) is 0 Å². The van der Waals surface area contributed by atoms with Crippen LogP contribution in [0.3, 0.4) is 0 Å². The Kier molecular flexibility index (Phi) is 10.8. The summed E-state index contributed by atoms with van der Waals surface area (Å²) in [4.78, 5) is 16.8. The molecule has 3 aromatic rings. The van der Waals surface area contributed by atoms with Crippen molar-refractivity contribution >= 4 is 11.5 Å². The van der Waals surface area contributed by atoms with E-state index in [0.717, 1.165) is 36.0 Å². The molecule has 200 valence electrons. The van der Waals surface area contributed by atoms with E-state index in [1.54, 1.807) is 40.7 Å². The van der Waals surface area contributed by atoms with Crippen molar-refractivity contribution in [1.82, 2.24) is 10.3 Å². The summed E-state index contributed by atoms with van der Waals surface area (Å²) in [7, 11) is 6.44. The first-order chi connectivity index (χ1) is 18.4. The smallest absolute Gasteiger partial charge is 0.244 e. The highest BCUT2D eigenvalue weighted by molar-refractivity contribution is 5.89. The molecule has 0 saturated heterocycles. The zero-order valence-electron chi connectivity index (χ0n) is 22.7. The summed E-state index contributed by atoms with van der Waals surface area (Å²) in [5.74, 6) is 2.47. The number of ether oxygens (including phenoxy) is 4. The first-order valence-electron chi connectivity index (χ1n) is 12.5. The Hall–Kier alpha value is -4.26. The van der Waals surface area contributed by atoms with E-state index in [9.17, 15) is 4.79 Å². The zero-order chi connectivity index (χ0) is 27.3. The summed E-state index contributed by atoms with van der Waals surface area (Å²) in [6.07, 6.45) is 11.6. The molecule has 1 amide bonds. The third-order valence-electron chi connectivity index (χ3n) is 6.05. The summed E-state index contributed by atoms with van der Waals surface area (Å²) in [5.41, 5.74) is 3.75. The van der Waals surface area contributed by atoms with Gasteiger partial charge in [-0.05, 0) is 78.8 Å². The van der Waals surface area contributed by atoms with Crippen LogP contribution in [-0.4, -0.2) is 45.4 Å². The quantitative estimate of drug-likeness (QED) is 0.234. The highest BCUT2D eigenvalue weighted by Gasteiger charge is 2.12. The lowest BCUT2D eigenvalue weighted by Crippen LogP contribution is -2.31. The van der Waals surface area contributed by atoms with Gasteiger partial charge in [0, 0.05) is 36.6 Å². The normalized spacial score (nSPS) is 11.5. The Morgan fingerprint density at radius 3 is 1.92 bits per heavy atom. The maximum absolute atomic E-state index is 12.6. The van der Waals surface area contributed by atoms with Crippen LogP contribution in [0.5, 0.6) is 23.0 Å². The number of allylic oxidation sites excluding steroid dienone is 2. The minimum Gasteiger partial charge on any atom is -0.497 e. The van der Waals surface area contributed by atoms with Gasteiger partial charge in [0.05, 0.1) is 28.4 Å². The predicted molar refractivity (Wildman–Crippen MR) is 150 cm³/mol. The molecule has 1 N–H and O–H groups in total. The van der Waals surface area contributed by atoms with Crippen molar-refractivity contribution < 1.29 is 23.7 Å². The molecule has 1 atom stereocenters. The van der Waals surface area contributed by atoms with E-state index in [-0.39, 0.29) is 11.9 Å². The maximum Gasteiger partial charge on any atom is 0.244 e. The van der Waals surface area contributed by atoms with Gasteiger partial charge in [0.2, 0.25) is 5.91 Å². The van der Waals surface area contributed by atoms with Crippen LogP contribution in [0.4, 0.5) is 0 Å². The second-order valence-electron chi connectivity index (χ2n) is 8.81. The number of hydrogen-bond donors (Lipinski definition) is 1. The molecule has 0 radical (unpaired) electrons. The van der Waals surface area contributed by atoms with E-state index in [4.69, 9.17) is 18.9 Å². The molecule has 0 aliphatic rings. The minimum absolute atomic E-state index is 0.0533. The lowest BCUT2D eigenvalue weighted by Gasteiger charge is -2.14. The highest BCUT2D eigenvalue weighted by Crippen LogP contribution is 2.34. The highest BCUT2D eigenvalue weighted by atomic mass is 16.5. The van der Waals surface area contributed by atoms with Gasteiger partial charge in [-0.1, -0.05) is 18.2 Å². The second-order valence-corrected chi connectivity index (χ2v) is 8.81. The SMILES string of the molecule is COc1cc(OC)cc(C(=C/C=C/C(=O)NC(C)CCCc2cccnc2)c2cc(OC)cc(OC)c2)c1. The number of hydrogen-bond acceptors (Lipinski definition) is 6. The van der Waals surface area contributed by atoms with Crippen LogP contribution in [0.2, 0.25) is 0 Å². The van der Waals surface area contributed by atoms with E-state index in [1.165, 1.54) is 11.6 Å².